The van der Waals surface area contributed by atoms with Crippen LogP contribution in [0, 0.1) is 6.92 Å². The second-order valence-electron chi connectivity index (χ2n) is 6.21. The van der Waals surface area contributed by atoms with Crippen molar-refractivity contribution in [2.24, 2.45) is 0 Å². The maximum atomic E-state index is 11.5. The number of carboxylic acid groups (broad SMARTS) is 1. The van der Waals surface area contributed by atoms with Crippen LogP contribution in [-0.2, 0) is 16.1 Å². The van der Waals surface area contributed by atoms with Gasteiger partial charge in [-0.15, -0.1) is 0 Å². The van der Waals surface area contributed by atoms with Crippen LogP contribution < -0.4 is 4.74 Å². The normalized spacial score (nSPS) is 11.6. The number of rotatable bonds is 6. The van der Waals surface area contributed by atoms with Gasteiger partial charge in [-0.3, -0.25) is 4.79 Å². The molecule has 0 aliphatic carbocycles. The molecule has 138 valence electrons. The summed E-state index contributed by atoms with van der Waals surface area (Å²) in [5.41, 5.74) is 3.36. The number of methoxy groups -OCH3 is 1. The third-order valence-electron chi connectivity index (χ3n) is 4.32. The van der Waals surface area contributed by atoms with E-state index in [1.807, 2.05) is 47.9 Å². The van der Waals surface area contributed by atoms with Crippen molar-refractivity contribution in [3.8, 4) is 5.75 Å². The fourth-order valence-corrected chi connectivity index (χ4v) is 2.97. The molecule has 0 saturated heterocycles. The van der Waals surface area contributed by atoms with Gasteiger partial charge in [0.05, 0.1) is 18.0 Å². The molecule has 0 bridgehead atoms. The predicted octanol–water partition coefficient (Wildman–Crippen LogP) is 3.56. The fourth-order valence-electron chi connectivity index (χ4n) is 2.97. The average Bonchev–Trinajstić information content (AvgIpc) is 3.02. The molecule has 2 N–H and O–H groups in total. The maximum absolute atomic E-state index is 11.5. The zero-order valence-corrected chi connectivity index (χ0v) is 15.0. The van der Waals surface area contributed by atoms with Crippen molar-refractivity contribution in [2.75, 3.05) is 7.11 Å². The van der Waals surface area contributed by atoms with E-state index in [4.69, 9.17) is 9.84 Å². The molecular formula is C21H19NO5. The van der Waals surface area contributed by atoms with Gasteiger partial charge in [-0.2, -0.15) is 0 Å². The smallest absolute Gasteiger partial charge is 0.376 e. The summed E-state index contributed by atoms with van der Waals surface area (Å²) in [6.07, 6.45) is 2.40. The van der Waals surface area contributed by atoms with Crippen LogP contribution >= 0.6 is 0 Å². The van der Waals surface area contributed by atoms with Gasteiger partial charge in [0.1, 0.15) is 11.5 Å². The van der Waals surface area contributed by atoms with Crippen LogP contribution in [0.5, 0.6) is 5.75 Å². The van der Waals surface area contributed by atoms with E-state index in [0.717, 1.165) is 16.6 Å². The molecular weight excluding hydrogens is 346 g/mol. The van der Waals surface area contributed by atoms with Gasteiger partial charge in [0.2, 0.25) is 0 Å². The molecule has 0 aliphatic heterocycles. The quantitative estimate of drug-likeness (QED) is 0.396. The number of hydrogen-bond donors (Lipinski definition) is 2. The molecule has 0 amide bonds. The van der Waals surface area contributed by atoms with Crippen molar-refractivity contribution in [3.63, 3.8) is 0 Å². The summed E-state index contributed by atoms with van der Waals surface area (Å²) in [5, 5.41) is 19.8. The van der Waals surface area contributed by atoms with Gasteiger partial charge < -0.3 is 19.5 Å². The van der Waals surface area contributed by atoms with Crippen LogP contribution in [0.4, 0.5) is 0 Å². The lowest BCUT2D eigenvalue weighted by molar-refractivity contribution is -0.146. The number of ether oxygens (including phenoxy) is 1. The Labute approximate surface area is 155 Å². The van der Waals surface area contributed by atoms with Crippen molar-refractivity contribution < 1.29 is 24.5 Å². The molecule has 0 aliphatic rings. The van der Waals surface area contributed by atoms with E-state index in [1.165, 1.54) is 7.11 Å². The Hall–Kier alpha value is -3.54. The number of fused-ring (bicyclic) bond motifs is 1. The summed E-state index contributed by atoms with van der Waals surface area (Å²) in [4.78, 5) is 22.3. The molecule has 2 aromatic carbocycles. The number of benzene rings is 2. The number of aryl methyl sites for hydroxylation is 1. The minimum absolute atomic E-state index is 0.337. The molecule has 0 radical (unpaired) electrons. The van der Waals surface area contributed by atoms with E-state index in [-0.39, 0.29) is 0 Å². The summed E-state index contributed by atoms with van der Waals surface area (Å²) in [6, 6.07) is 13.5. The molecule has 3 aromatic rings. The Morgan fingerprint density at radius 3 is 2.44 bits per heavy atom. The third kappa shape index (κ3) is 3.69. The van der Waals surface area contributed by atoms with E-state index in [1.54, 1.807) is 12.3 Å². The van der Waals surface area contributed by atoms with Crippen LogP contribution in [0.1, 0.15) is 16.7 Å². The number of nitrogens with zero attached hydrogens (tertiary/aromatic N) is 1. The van der Waals surface area contributed by atoms with Crippen LogP contribution in [0.2, 0.25) is 0 Å². The van der Waals surface area contributed by atoms with Crippen molar-refractivity contribution in [3.05, 3.63) is 71.4 Å². The Morgan fingerprint density at radius 2 is 1.81 bits per heavy atom. The van der Waals surface area contributed by atoms with Crippen molar-refractivity contribution >= 4 is 28.4 Å². The van der Waals surface area contributed by atoms with Crippen molar-refractivity contribution in [1.29, 1.82) is 0 Å². The number of carboxylic acids is 1. The van der Waals surface area contributed by atoms with Gasteiger partial charge >= 0.3 is 5.97 Å². The van der Waals surface area contributed by atoms with Crippen molar-refractivity contribution in [1.82, 2.24) is 4.57 Å². The lowest BCUT2D eigenvalue weighted by Gasteiger charge is -2.07. The number of aromatic nitrogens is 1. The first-order valence-corrected chi connectivity index (χ1v) is 8.30. The first-order chi connectivity index (χ1) is 12.9. The predicted molar refractivity (Wildman–Crippen MR) is 102 cm³/mol. The van der Waals surface area contributed by atoms with E-state index >= 15 is 0 Å². The highest BCUT2D eigenvalue weighted by molar-refractivity contribution is 6.38. The Morgan fingerprint density at radius 1 is 1.11 bits per heavy atom. The summed E-state index contributed by atoms with van der Waals surface area (Å²) >= 11 is 0. The molecule has 6 heteroatoms. The highest BCUT2D eigenvalue weighted by Crippen LogP contribution is 2.34. The third-order valence-corrected chi connectivity index (χ3v) is 4.32. The lowest BCUT2D eigenvalue weighted by Crippen LogP contribution is -2.09. The van der Waals surface area contributed by atoms with Gasteiger partial charge in [-0.1, -0.05) is 35.9 Å². The van der Waals surface area contributed by atoms with E-state index in [2.05, 4.69) is 0 Å². The Bertz CT molecular complexity index is 1040. The van der Waals surface area contributed by atoms with E-state index < -0.39 is 17.5 Å². The summed E-state index contributed by atoms with van der Waals surface area (Å²) in [7, 11) is 1.51. The second kappa shape index (κ2) is 7.37. The number of carbonyl (C=O) groups is 2. The fraction of sp³-hybridized carbons (Fsp3) is 0.143. The largest absolute Gasteiger partial charge is 0.507 e. The van der Waals surface area contributed by atoms with Gasteiger partial charge in [0.25, 0.3) is 5.78 Å². The van der Waals surface area contributed by atoms with Gasteiger partial charge in [0.15, 0.2) is 0 Å². The summed E-state index contributed by atoms with van der Waals surface area (Å²) < 4.78 is 7.32. The first kappa shape index (κ1) is 18.3. The highest BCUT2D eigenvalue weighted by atomic mass is 16.5. The molecule has 0 saturated carbocycles. The topological polar surface area (TPSA) is 88.8 Å². The SMILES string of the molecule is COc1cccc2c1c(/C(O)=C/C(=O)C(=O)O)cn2Cc1ccc(C)cc1. The number of aliphatic hydroxyl groups is 1. The molecule has 0 atom stereocenters. The summed E-state index contributed by atoms with van der Waals surface area (Å²) in [5.74, 6) is -2.72. The molecule has 1 heterocycles. The number of ketones is 1. The zero-order chi connectivity index (χ0) is 19.6. The monoisotopic (exact) mass is 365 g/mol. The number of hydrogen-bond acceptors (Lipinski definition) is 4. The van der Waals surface area contributed by atoms with Crippen LogP contribution in [0.25, 0.3) is 16.7 Å². The second-order valence-corrected chi connectivity index (χ2v) is 6.21. The maximum Gasteiger partial charge on any atom is 0.376 e. The van der Waals surface area contributed by atoms with Gasteiger partial charge in [0, 0.05) is 24.4 Å². The lowest BCUT2D eigenvalue weighted by atomic mass is 10.1. The molecule has 6 nitrogen and oxygen atoms in total. The average molecular weight is 365 g/mol. The molecule has 0 unspecified atom stereocenters. The number of aliphatic hydroxyl groups excluding tert-OH is 1. The van der Waals surface area contributed by atoms with Gasteiger partial charge in [-0.05, 0) is 24.6 Å². The van der Waals surface area contributed by atoms with Gasteiger partial charge in [-0.25, -0.2) is 4.79 Å². The van der Waals surface area contributed by atoms with Crippen LogP contribution in [0.3, 0.4) is 0 Å². The highest BCUT2D eigenvalue weighted by Gasteiger charge is 2.18. The minimum atomic E-state index is -1.63. The summed E-state index contributed by atoms with van der Waals surface area (Å²) in [6.45, 7) is 2.56. The Balaban J connectivity index is 2.14. The molecule has 0 spiro atoms. The molecule has 1 aromatic heterocycles. The van der Waals surface area contributed by atoms with E-state index in [9.17, 15) is 14.7 Å². The number of carbonyl (C=O) groups excluding carboxylic acids is 1. The Kier molecular flexibility index (Phi) is 4.98. The van der Waals surface area contributed by atoms with Crippen LogP contribution in [0.15, 0.2) is 54.7 Å². The molecule has 3 rings (SSSR count). The molecule has 27 heavy (non-hydrogen) atoms. The standard InChI is InChI=1S/C21H19NO5/c1-13-6-8-14(9-7-13)11-22-12-15(17(23)10-18(24)21(25)26)20-16(22)4-3-5-19(20)27-2/h3-10,12,23H,11H2,1-2H3,(H,25,26)/b17-10-. The van der Waals surface area contributed by atoms with Crippen molar-refractivity contribution in [2.45, 2.75) is 13.5 Å². The van der Waals surface area contributed by atoms with Crippen LogP contribution in [-0.4, -0.2) is 33.6 Å². The zero-order valence-electron chi connectivity index (χ0n) is 15.0. The first-order valence-electron chi connectivity index (χ1n) is 8.30. The number of aliphatic carboxylic acids is 1. The molecule has 0 fully saturated rings. The minimum Gasteiger partial charge on any atom is -0.507 e. The van der Waals surface area contributed by atoms with E-state index in [0.29, 0.717) is 29.3 Å².